The fourth-order valence-electron chi connectivity index (χ4n) is 2.76. The van der Waals surface area contributed by atoms with Gasteiger partial charge in [-0.05, 0) is 41.5 Å². The van der Waals surface area contributed by atoms with Crippen molar-refractivity contribution in [2.75, 3.05) is 18.1 Å². The third-order valence-corrected chi connectivity index (χ3v) is 4.25. The molecule has 0 bridgehead atoms. The molecule has 0 unspecified atom stereocenters. The predicted molar refractivity (Wildman–Crippen MR) is 96.1 cm³/mol. The number of hydrogen-bond donors (Lipinski definition) is 0. The number of anilines is 1. The van der Waals surface area contributed by atoms with Crippen LogP contribution in [0.2, 0.25) is 5.02 Å². The summed E-state index contributed by atoms with van der Waals surface area (Å²) in [4.78, 5) is 22.9. The normalized spacial score (nSPS) is 13.8. The first-order valence-electron chi connectivity index (χ1n) is 7.84. The zero-order valence-corrected chi connectivity index (χ0v) is 14.0. The van der Waals surface area contributed by atoms with Gasteiger partial charge in [0.25, 0.3) is 5.91 Å². The lowest BCUT2D eigenvalue weighted by Gasteiger charge is -2.17. The van der Waals surface area contributed by atoms with Gasteiger partial charge in [0.2, 0.25) is 5.95 Å². The molecule has 0 N–H and O–H groups in total. The van der Waals surface area contributed by atoms with E-state index < -0.39 is 0 Å². The molecule has 2 aromatic carbocycles. The van der Waals surface area contributed by atoms with Crippen LogP contribution >= 0.6 is 11.6 Å². The Morgan fingerprint density at radius 2 is 1.72 bits per heavy atom. The highest BCUT2D eigenvalue weighted by Crippen LogP contribution is 2.30. The highest BCUT2D eigenvalue weighted by Gasteiger charge is 2.26. The number of benzene rings is 2. The zero-order valence-electron chi connectivity index (χ0n) is 13.2. The molecule has 1 amide bonds. The van der Waals surface area contributed by atoms with E-state index in [1.54, 1.807) is 18.5 Å². The fraction of sp³-hybridized carbons (Fsp3) is 0.105. The third kappa shape index (κ3) is 3.06. The van der Waals surface area contributed by atoms with E-state index in [-0.39, 0.29) is 5.91 Å². The number of nitrogens with zero attached hydrogens (tertiary/aromatic N) is 3. The molecule has 2 heterocycles. The van der Waals surface area contributed by atoms with Crippen molar-refractivity contribution >= 4 is 23.5 Å². The van der Waals surface area contributed by atoms with Crippen LogP contribution in [0.1, 0.15) is 10.4 Å². The van der Waals surface area contributed by atoms with Gasteiger partial charge in [-0.2, -0.15) is 0 Å². The van der Waals surface area contributed by atoms with Crippen LogP contribution in [0, 0.1) is 0 Å². The van der Waals surface area contributed by atoms with E-state index in [2.05, 4.69) is 9.97 Å². The first-order valence-corrected chi connectivity index (χ1v) is 8.22. The summed E-state index contributed by atoms with van der Waals surface area (Å²) >= 11 is 5.95. The Morgan fingerprint density at radius 1 is 1.00 bits per heavy atom. The molecule has 6 heteroatoms. The van der Waals surface area contributed by atoms with Crippen molar-refractivity contribution in [2.24, 2.45) is 0 Å². The Hall–Kier alpha value is -2.92. The van der Waals surface area contributed by atoms with Gasteiger partial charge in [0.1, 0.15) is 12.4 Å². The van der Waals surface area contributed by atoms with Crippen molar-refractivity contribution in [1.29, 1.82) is 0 Å². The third-order valence-electron chi connectivity index (χ3n) is 4.00. The van der Waals surface area contributed by atoms with Crippen LogP contribution in [0.15, 0.2) is 60.9 Å². The first-order chi connectivity index (χ1) is 12.2. The molecule has 5 nitrogen and oxygen atoms in total. The molecule has 1 aliphatic heterocycles. The van der Waals surface area contributed by atoms with Gasteiger partial charge in [-0.15, -0.1) is 0 Å². The molecule has 4 rings (SSSR count). The summed E-state index contributed by atoms with van der Waals surface area (Å²) in [5, 5.41) is 0.672. The van der Waals surface area contributed by atoms with Crippen molar-refractivity contribution in [3.8, 4) is 16.9 Å². The number of amides is 1. The summed E-state index contributed by atoms with van der Waals surface area (Å²) in [6, 6.07) is 14.8. The summed E-state index contributed by atoms with van der Waals surface area (Å²) in [7, 11) is 0. The van der Waals surface area contributed by atoms with Gasteiger partial charge in [0.05, 0.1) is 12.1 Å². The predicted octanol–water partition coefficient (Wildman–Crippen LogP) is 3.84. The van der Waals surface area contributed by atoms with E-state index in [1.165, 1.54) is 4.90 Å². The maximum atomic E-state index is 13.0. The van der Waals surface area contributed by atoms with Gasteiger partial charge in [-0.3, -0.25) is 9.69 Å². The summed E-state index contributed by atoms with van der Waals surface area (Å²) < 4.78 is 5.74. The molecule has 25 heavy (non-hydrogen) atoms. The molecular formula is C19H14ClN3O2. The number of halogens is 1. The van der Waals surface area contributed by atoms with Gasteiger partial charge < -0.3 is 4.74 Å². The highest BCUT2D eigenvalue weighted by molar-refractivity contribution is 6.30. The standard InChI is InChI=1S/C19H14ClN3O2/c20-15-5-2-13(3-6-15)14-4-7-17-16(12-14)18(24)23(10-11-25-17)19-21-8-1-9-22-19/h1-9,12H,10-11H2. The second-order valence-electron chi connectivity index (χ2n) is 5.57. The quantitative estimate of drug-likeness (QED) is 0.704. The minimum atomic E-state index is -0.172. The van der Waals surface area contributed by atoms with Crippen molar-refractivity contribution in [3.63, 3.8) is 0 Å². The molecule has 1 aromatic heterocycles. The molecule has 0 atom stereocenters. The van der Waals surface area contributed by atoms with Gasteiger partial charge in [-0.25, -0.2) is 9.97 Å². The molecule has 0 spiro atoms. The van der Waals surface area contributed by atoms with Crippen LogP contribution in [0.4, 0.5) is 5.95 Å². The van der Waals surface area contributed by atoms with Crippen LogP contribution in [-0.2, 0) is 0 Å². The summed E-state index contributed by atoms with van der Waals surface area (Å²) in [6.45, 7) is 0.783. The summed E-state index contributed by atoms with van der Waals surface area (Å²) in [5.74, 6) is 0.775. The van der Waals surface area contributed by atoms with Crippen molar-refractivity contribution in [3.05, 3.63) is 71.5 Å². The first kappa shape index (κ1) is 15.6. The molecule has 0 fully saturated rings. The molecule has 0 saturated carbocycles. The van der Waals surface area contributed by atoms with Crippen LogP contribution in [0.5, 0.6) is 5.75 Å². The second-order valence-corrected chi connectivity index (χ2v) is 6.01. The topological polar surface area (TPSA) is 55.3 Å². The lowest BCUT2D eigenvalue weighted by atomic mass is 10.0. The minimum absolute atomic E-state index is 0.172. The number of rotatable bonds is 2. The van der Waals surface area contributed by atoms with Crippen LogP contribution in [0.25, 0.3) is 11.1 Å². The van der Waals surface area contributed by atoms with Gasteiger partial charge in [0, 0.05) is 17.4 Å². The molecule has 0 radical (unpaired) electrons. The van der Waals surface area contributed by atoms with E-state index in [9.17, 15) is 4.79 Å². The van der Waals surface area contributed by atoms with Gasteiger partial charge in [0.15, 0.2) is 0 Å². The minimum Gasteiger partial charge on any atom is -0.491 e. The smallest absolute Gasteiger partial charge is 0.264 e. The van der Waals surface area contributed by atoms with E-state index in [0.29, 0.717) is 35.4 Å². The van der Waals surface area contributed by atoms with Crippen molar-refractivity contribution in [2.45, 2.75) is 0 Å². The number of fused-ring (bicyclic) bond motifs is 1. The largest absolute Gasteiger partial charge is 0.491 e. The van der Waals surface area contributed by atoms with Gasteiger partial charge in [-0.1, -0.05) is 29.8 Å². The monoisotopic (exact) mass is 351 g/mol. The maximum Gasteiger partial charge on any atom is 0.264 e. The van der Waals surface area contributed by atoms with E-state index >= 15 is 0 Å². The Morgan fingerprint density at radius 3 is 2.48 bits per heavy atom. The number of hydrogen-bond acceptors (Lipinski definition) is 4. The van der Waals surface area contributed by atoms with E-state index in [4.69, 9.17) is 16.3 Å². The summed E-state index contributed by atoms with van der Waals surface area (Å²) in [6.07, 6.45) is 3.23. The Labute approximate surface area is 149 Å². The maximum absolute atomic E-state index is 13.0. The zero-order chi connectivity index (χ0) is 17.2. The average Bonchev–Trinajstić information content (AvgIpc) is 2.82. The Bertz CT molecular complexity index is 914. The number of carbonyl (C=O) groups excluding carboxylic acids is 1. The lowest BCUT2D eigenvalue weighted by Crippen LogP contribution is -2.33. The number of carbonyl (C=O) groups is 1. The van der Waals surface area contributed by atoms with Crippen molar-refractivity contribution in [1.82, 2.24) is 9.97 Å². The van der Waals surface area contributed by atoms with Crippen LogP contribution in [-0.4, -0.2) is 29.0 Å². The van der Waals surface area contributed by atoms with Gasteiger partial charge >= 0.3 is 0 Å². The van der Waals surface area contributed by atoms with E-state index in [1.807, 2.05) is 42.5 Å². The molecule has 0 saturated heterocycles. The SMILES string of the molecule is O=C1c2cc(-c3ccc(Cl)cc3)ccc2OCCN1c1ncccn1. The Balaban J connectivity index is 1.75. The molecule has 124 valence electrons. The highest BCUT2D eigenvalue weighted by atomic mass is 35.5. The lowest BCUT2D eigenvalue weighted by molar-refractivity contribution is 0.0988. The molecule has 3 aromatic rings. The molecule has 0 aliphatic carbocycles. The number of ether oxygens (including phenoxy) is 1. The van der Waals surface area contributed by atoms with Crippen molar-refractivity contribution < 1.29 is 9.53 Å². The second kappa shape index (κ2) is 6.53. The molecular weight excluding hydrogens is 338 g/mol. The Kier molecular flexibility index (Phi) is 4.07. The number of aromatic nitrogens is 2. The molecule has 1 aliphatic rings. The van der Waals surface area contributed by atoms with Crippen LogP contribution in [0.3, 0.4) is 0 Å². The summed E-state index contributed by atoms with van der Waals surface area (Å²) in [5.41, 5.74) is 2.40. The fourth-order valence-corrected chi connectivity index (χ4v) is 2.89. The van der Waals surface area contributed by atoms with E-state index in [0.717, 1.165) is 11.1 Å². The average molecular weight is 352 g/mol. The van der Waals surface area contributed by atoms with Crippen LogP contribution < -0.4 is 9.64 Å².